The molecule has 0 radical (unpaired) electrons. The molecule has 4 rings (SSSR count). The molecule has 42 heavy (non-hydrogen) atoms. The van der Waals surface area contributed by atoms with Gasteiger partial charge in [-0.3, -0.25) is 19.3 Å². The van der Waals surface area contributed by atoms with Crippen molar-refractivity contribution < 1.29 is 46.9 Å². The first-order chi connectivity index (χ1) is 19.9. The predicted octanol–water partition coefficient (Wildman–Crippen LogP) is 6.06. The molecule has 1 aliphatic rings. The van der Waals surface area contributed by atoms with Gasteiger partial charge < -0.3 is 19.9 Å². The standard InChI is InChI=1S/C29H23F3N2O7S/c1-2-40-23-12-18(8-11-22(23)41-16-17-6-9-19(10-7-17)27(37)38)13-24-26(36)34(28(39)42-24)15-25(35)33-21-5-3-4-20(14-21)29(30,31)32/h3-14H,2,15-16H2,1H3,(H,33,35)(H,37,38)/b24-13-. The number of imide groups is 1. The number of aromatic carboxylic acids is 1. The number of nitrogens with one attached hydrogen (secondary N) is 1. The molecule has 13 heteroatoms. The second kappa shape index (κ2) is 12.8. The number of carboxylic acid groups (broad SMARTS) is 1. The highest BCUT2D eigenvalue weighted by Crippen LogP contribution is 2.35. The Morgan fingerprint density at radius 3 is 2.40 bits per heavy atom. The molecule has 3 aromatic carbocycles. The molecule has 3 aromatic rings. The molecule has 1 saturated heterocycles. The third-order valence-corrected chi connectivity index (χ3v) is 6.72. The third-order valence-electron chi connectivity index (χ3n) is 5.81. The Bertz CT molecular complexity index is 1560. The van der Waals surface area contributed by atoms with Gasteiger partial charge in [0.15, 0.2) is 11.5 Å². The Labute approximate surface area is 241 Å². The summed E-state index contributed by atoms with van der Waals surface area (Å²) in [6, 6.07) is 15.1. The maximum Gasteiger partial charge on any atom is 0.416 e. The molecule has 0 unspecified atom stereocenters. The van der Waals surface area contributed by atoms with Crippen LogP contribution in [0, 0.1) is 0 Å². The fourth-order valence-corrected chi connectivity index (χ4v) is 4.65. The Hall–Kier alpha value is -4.78. The van der Waals surface area contributed by atoms with Gasteiger partial charge >= 0.3 is 12.1 Å². The van der Waals surface area contributed by atoms with E-state index in [0.29, 0.717) is 40.3 Å². The van der Waals surface area contributed by atoms with Gasteiger partial charge in [0.05, 0.1) is 22.6 Å². The van der Waals surface area contributed by atoms with E-state index >= 15 is 0 Å². The van der Waals surface area contributed by atoms with E-state index in [1.807, 2.05) is 0 Å². The molecule has 0 aliphatic carbocycles. The lowest BCUT2D eigenvalue weighted by molar-refractivity contribution is -0.137. The number of carboxylic acids is 1. The summed E-state index contributed by atoms with van der Waals surface area (Å²) in [5.74, 6) is -1.83. The number of hydrogen-bond donors (Lipinski definition) is 2. The lowest BCUT2D eigenvalue weighted by Gasteiger charge is -2.14. The highest BCUT2D eigenvalue weighted by molar-refractivity contribution is 8.18. The molecule has 3 amide bonds. The second-order valence-corrected chi connectivity index (χ2v) is 9.82. The molecule has 0 saturated carbocycles. The molecule has 218 valence electrons. The van der Waals surface area contributed by atoms with Crippen LogP contribution in [0.25, 0.3) is 6.08 Å². The summed E-state index contributed by atoms with van der Waals surface area (Å²) in [4.78, 5) is 49.6. The van der Waals surface area contributed by atoms with Gasteiger partial charge in [-0.1, -0.05) is 24.3 Å². The van der Waals surface area contributed by atoms with Gasteiger partial charge in [0, 0.05) is 5.69 Å². The van der Waals surface area contributed by atoms with Gasteiger partial charge in [-0.25, -0.2) is 4.79 Å². The summed E-state index contributed by atoms with van der Waals surface area (Å²) in [5.41, 5.74) is 0.318. The molecule has 1 heterocycles. The number of carbonyl (C=O) groups excluding carboxylic acids is 3. The summed E-state index contributed by atoms with van der Waals surface area (Å²) in [6.07, 6.45) is -3.15. The first-order valence-electron chi connectivity index (χ1n) is 12.4. The monoisotopic (exact) mass is 600 g/mol. The number of hydrogen-bond acceptors (Lipinski definition) is 7. The zero-order valence-electron chi connectivity index (χ0n) is 21.9. The molecule has 0 aromatic heterocycles. The van der Waals surface area contributed by atoms with Gasteiger partial charge in [-0.05, 0) is 78.4 Å². The number of benzene rings is 3. The van der Waals surface area contributed by atoms with Gasteiger partial charge in [-0.15, -0.1) is 0 Å². The minimum Gasteiger partial charge on any atom is -0.490 e. The number of thioether (sulfide) groups is 1. The summed E-state index contributed by atoms with van der Waals surface area (Å²) < 4.78 is 50.3. The van der Waals surface area contributed by atoms with E-state index in [2.05, 4.69) is 5.32 Å². The maximum atomic E-state index is 12.9. The summed E-state index contributed by atoms with van der Waals surface area (Å²) >= 11 is 0.621. The lowest BCUT2D eigenvalue weighted by atomic mass is 10.1. The number of halogens is 3. The molecular formula is C29H23F3N2O7S. The van der Waals surface area contributed by atoms with Crippen molar-refractivity contribution in [1.29, 1.82) is 0 Å². The Balaban J connectivity index is 1.43. The molecule has 0 atom stereocenters. The molecule has 2 N–H and O–H groups in total. The quantitative estimate of drug-likeness (QED) is 0.270. The van der Waals surface area contributed by atoms with Crippen LogP contribution in [0.2, 0.25) is 0 Å². The normalized spacial score (nSPS) is 14.3. The Kier molecular flexibility index (Phi) is 9.21. The predicted molar refractivity (Wildman–Crippen MR) is 148 cm³/mol. The van der Waals surface area contributed by atoms with Crippen LogP contribution >= 0.6 is 11.8 Å². The van der Waals surface area contributed by atoms with Gasteiger partial charge in [0.1, 0.15) is 13.2 Å². The first-order valence-corrected chi connectivity index (χ1v) is 13.2. The van der Waals surface area contributed by atoms with Crippen molar-refractivity contribution in [3.8, 4) is 11.5 Å². The maximum absolute atomic E-state index is 12.9. The third kappa shape index (κ3) is 7.49. The first kappa shape index (κ1) is 30.2. The molecular weight excluding hydrogens is 577 g/mol. The van der Waals surface area contributed by atoms with Crippen LogP contribution in [0.1, 0.15) is 34.0 Å². The fourth-order valence-electron chi connectivity index (χ4n) is 3.81. The van der Waals surface area contributed by atoms with Gasteiger partial charge in [-0.2, -0.15) is 13.2 Å². The number of anilines is 1. The van der Waals surface area contributed by atoms with Crippen molar-refractivity contribution in [3.63, 3.8) is 0 Å². The van der Waals surface area contributed by atoms with Crippen LogP contribution in [0.4, 0.5) is 23.7 Å². The average molecular weight is 601 g/mol. The van der Waals surface area contributed by atoms with Crippen LogP contribution < -0.4 is 14.8 Å². The zero-order chi connectivity index (χ0) is 30.4. The number of carbonyl (C=O) groups is 4. The van der Waals surface area contributed by atoms with E-state index in [1.54, 1.807) is 37.3 Å². The summed E-state index contributed by atoms with van der Waals surface area (Å²) in [7, 11) is 0. The summed E-state index contributed by atoms with van der Waals surface area (Å²) in [5, 5.41) is 10.6. The van der Waals surface area contributed by atoms with Crippen LogP contribution in [0.3, 0.4) is 0 Å². The summed E-state index contributed by atoms with van der Waals surface area (Å²) in [6.45, 7) is 1.55. The van der Waals surface area contributed by atoms with Crippen molar-refractivity contribution in [2.45, 2.75) is 19.7 Å². The van der Waals surface area contributed by atoms with Crippen molar-refractivity contribution in [2.24, 2.45) is 0 Å². The van der Waals surface area contributed by atoms with Gasteiger partial charge in [0.25, 0.3) is 11.1 Å². The van der Waals surface area contributed by atoms with Crippen molar-refractivity contribution in [1.82, 2.24) is 4.90 Å². The molecule has 0 bridgehead atoms. The SMILES string of the molecule is CCOc1cc(/C=C2\SC(=O)N(CC(=O)Nc3cccc(C(F)(F)F)c3)C2=O)ccc1OCc1ccc(C(=O)O)cc1. The van der Waals surface area contributed by atoms with Gasteiger partial charge in [0.2, 0.25) is 5.91 Å². The molecule has 1 aliphatic heterocycles. The number of ether oxygens (including phenoxy) is 2. The zero-order valence-corrected chi connectivity index (χ0v) is 22.8. The van der Waals surface area contributed by atoms with E-state index in [4.69, 9.17) is 14.6 Å². The largest absolute Gasteiger partial charge is 0.490 e. The van der Waals surface area contributed by atoms with E-state index in [1.165, 1.54) is 24.3 Å². The number of nitrogens with zero attached hydrogens (tertiary/aromatic N) is 1. The smallest absolute Gasteiger partial charge is 0.416 e. The van der Waals surface area contributed by atoms with Crippen LogP contribution in [0.15, 0.2) is 71.6 Å². The highest BCUT2D eigenvalue weighted by Gasteiger charge is 2.36. The topological polar surface area (TPSA) is 122 Å². The van der Waals surface area contributed by atoms with Crippen LogP contribution in [0.5, 0.6) is 11.5 Å². The number of rotatable bonds is 10. The molecule has 0 spiro atoms. The lowest BCUT2D eigenvalue weighted by Crippen LogP contribution is -2.36. The number of amides is 3. The fraction of sp³-hybridized carbons (Fsp3) is 0.172. The highest BCUT2D eigenvalue weighted by atomic mass is 32.2. The Morgan fingerprint density at radius 1 is 1.00 bits per heavy atom. The number of alkyl halides is 3. The van der Waals surface area contributed by atoms with Crippen molar-refractivity contribution in [3.05, 3.63) is 93.9 Å². The second-order valence-electron chi connectivity index (χ2n) is 8.82. The molecule has 9 nitrogen and oxygen atoms in total. The van der Waals surface area contributed by atoms with Crippen LogP contribution in [-0.4, -0.2) is 46.2 Å². The van der Waals surface area contributed by atoms with E-state index in [0.717, 1.165) is 23.8 Å². The van der Waals surface area contributed by atoms with Crippen molar-refractivity contribution >= 4 is 46.5 Å². The minimum atomic E-state index is -4.60. The van der Waals surface area contributed by atoms with E-state index in [-0.39, 0.29) is 22.8 Å². The van der Waals surface area contributed by atoms with Crippen LogP contribution in [-0.2, 0) is 22.4 Å². The average Bonchev–Trinajstić information content (AvgIpc) is 3.19. The van der Waals surface area contributed by atoms with E-state index in [9.17, 15) is 32.3 Å². The van der Waals surface area contributed by atoms with E-state index < -0.39 is 41.3 Å². The van der Waals surface area contributed by atoms with Crippen molar-refractivity contribution in [2.75, 3.05) is 18.5 Å². The minimum absolute atomic E-state index is 0.0431. The Morgan fingerprint density at radius 2 is 1.74 bits per heavy atom. The molecule has 1 fully saturated rings.